The molecule has 0 heterocycles. The van der Waals surface area contributed by atoms with Crippen LogP contribution < -0.4 is 4.72 Å². The first-order chi connectivity index (χ1) is 12.6. The van der Waals surface area contributed by atoms with Gasteiger partial charge < -0.3 is 4.74 Å². The topological polar surface area (TPSA) is 89.5 Å². The number of esters is 1. The summed E-state index contributed by atoms with van der Waals surface area (Å²) in [6, 6.07) is 12.7. The Labute approximate surface area is 162 Å². The maximum absolute atomic E-state index is 12.3. The van der Waals surface area contributed by atoms with Gasteiger partial charge in [-0.3, -0.25) is 9.52 Å². The SMILES string of the molecule is C[C@H](OC(=O)/C=C/c1ccc(Cl)cc1)C(=O)c1ccc(NS(C)(=O)=O)cc1. The van der Waals surface area contributed by atoms with Crippen molar-refractivity contribution in [1.29, 1.82) is 0 Å². The molecule has 0 unspecified atom stereocenters. The molecule has 0 bridgehead atoms. The highest BCUT2D eigenvalue weighted by Gasteiger charge is 2.18. The van der Waals surface area contributed by atoms with Crippen molar-refractivity contribution < 1.29 is 22.7 Å². The average molecular weight is 408 g/mol. The Bertz CT molecular complexity index is 951. The Morgan fingerprint density at radius 3 is 2.22 bits per heavy atom. The highest BCUT2D eigenvalue weighted by atomic mass is 35.5. The molecule has 2 aromatic carbocycles. The maximum Gasteiger partial charge on any atom is 0.331 e. The van der Waals surface area contributed by atoms with E-state index < -0.39 is 27.9 Å². The summed E-state index contributed by atoms with van der Waals surface area (Å²) in [5, 5.41) is 0.590. The summed E-state index contributed by atoms with van der Waals surface area (Å²) in [6.07, 6.45) is 2.83. The van der Waals surface area contributed by atoms with Gasteiger partial charge in [-0.2, -0.15) is 0 Å². The van der Waals surface area contributed by atoms with Gasteiger partial charge in [0.1, 0.15) is 0 Å². The highest BCUT2D eigenvalue weighted by Crippen LogP contribution is 2.14. The van der Waals surface area contributed by atoms with E-state index in [4.69, 9.17) is 16.3 Å². The standard InChI is InChI=1S/C19H18ClNO5S/c1-13(26-18(22)12-5-14-3-8-16(20)9-4-14)19(23)15-6-10-17(11-7-15)21-27(2,24)25/h3-13,21H,1-2H3/b12-5+/t13-/m0/s1. The minimum atomic E-state index is -3.39. The van der Waals surface area contributed by atoms with E-state index in [9.17, 15) is 18.0 Å². The second kappa shape index (κ2) is 8.83. The summed E-state index contributed by atoms with van der Waals surface area (Å²) >= 11 is 5.79. The zero-order valence-electron chi connectivity index (χ0n) is 14.7. The number of carbonyl (C=O) groups excluding carboxylic acids is 2. The predicted molar refractivity (Wildman–Crippen MR) is 105 cm³/mol. The van der Waals surface area contributed by atoms with Gasteiger partial charge >= 0.3 is 5.97 Å². The fraction of sp³-hybridized carbons (Fsp3) is 0.158. The molecule has 0 saturated heterocycles. The highest BCUT2D eigenvalue weighted by molar-refractivity contribution is 7.92. The van der Waals surface area contributed by atoms with Gasteiger partial charge in [0, 0.05) is 22.3 Å². The molecule has 6 nitrogen and oxygen atoms in total. The Kier molecular flexibility index (Phi) is 6.76. The number of ether oxygens (including phenoxy) is 1. The summed E-state index contributed by atoms with van der Waals surface area (Å²) in [4.78, 5) is 24.2. The molecule has 0 aliphatic rings. The lowest BCUT2D eigenvalue weighted by atomic mass is 10.1. The van der Waals surface area contributed by atoms with E-state index in [0.717, 1.165) is 11.8 Å². The number of benzene rings is 2. The normalized spacial score (nSPS) is 12.6. The molecule has 0 radical (unpaired) electrons. The van der Waals surface area contributed by atoms with Crippen LogP contribution >= 0.6 is 11.6 Å². The summed E-state index contributed by atoms with van der Waals surface area (Å²) in [5.41, 5.74) is 1.41. The summed E-state index contributed by atoms with van der Waals surface area (Å²) in [7, 11) is -3.39. The molecule has 0 spiro atoms. The number of halogens is 1. The van der Waals surface area contributed by atoms with Crippen molar-refractivity contribution in [2.75, 3.05) is 11.0 Å². The molecule has 0 aliphatic heterocycles. The molecule has 8 heteroatoms. The quantitative estimate of drug-likeness (QED) is 0.430. The smallest absolute Gasteiger partial charge is 0.331 e. The first kappa shape index (κ1) is 20.7. The van der Waals surface area contributed by atoms with Crippen molar-refractivity contribution in [2.45, 2.75) is 13.0 Å². The molecule has 27 heavy (non-hydrogen) atoms. The second-order valence-electron chi connectivity index (χ2n) is 5.78. The molecule has 142 valence electrons. The van der Waals surface area contributed by atoms with Crippen LogP contribution in [0.5, 0.6) is 0 Å². The molecule has 0 fully saturated rings. The zero-order chi connectivity index (χ0) is 20.0. The van der Waals surface area contributed by atoms with E-state index in [1.165, 1.54) is 37.3 Å². The van der Waals surface area contributed by atoms with Crippen LogP contribution in [-0.2, 0) is 19.6 Å². The van der Waals surface area contributed by atoms with Gasteiger partial charge in [0.25, 0.3) is 0 Å². The molecular weight excluding hydrogens is 390 g/mol. The lowest BCUT2D eigenvalue weighted by Gasteiger charge is -2.11. The Balaban J connectivity index is 1.96. The van der Waals surface area contributed by atoms with Crippen LogP contribution in [0.4, 0.5) is 5.69 Å². The third kappa shape index (κ3) is 6.88. The largest absolute Gasteiger partial charge is 0.451 e. The Hall–Kier alpha value is -2.64. The van der Waals surface area contributed by atoms with Gasteiger partial charge in [0.05, 0.1) is 6.26 Å². The molecule has 0 aliphatic carbocycles. The van der Waals surface area contributed by atoms with E-state index >= 15 is 0 Å². The first-order valence-electron chi connectivity index (χ1n) is 7.90. The lowest BCUT2D eigenvalue weighted by Crippen LogP contribution is -2.23. The van der Waals surface area contributed by atoms with Crippen LogP contribution in [0.2, 0.25) is 5.02 Å². The number of Topliss-reactive ketones (excluding diaryl/α,β-unsaturated/α-hetero) is 1. The van der Waals surface area contributed by atoms with Gasteiger partial charge in [0.2, 0.25) is 15.8 Å². The fourth-order valence-corrected chi connectivity index (χ4v) is 2.85. The Morgan fingerprint density at radius 1 is 1.07 bits per heavy atom. The van der Waals surface area contributed by atoms with E-state index in [2.05, 4.69) is 4.72 Å². The van der Waals surface area contributed by atoms with Crippen LogP contribution in [-0.4, -0.2) is 32.5 Å². The molecule has 2 rings (SSSR count). The molecule has 2 aromatic rings. The van der Waals surface area contributed by atoms with Crippen molar-refractivity contribution >= 4 is 45.1 Å². The second-order valence-corrected chi connectivity index (χ2v) is 7.96. The minimum absolute atomic E-state index is 0.302. The maximum atomic E-state index is 12.3. The number of anilines is 1. The van der Waals surface area contributed by atoms with Gasteiger partial charge in [-0.1, -0.05) is 23.7 Å². The number of sulfonamides is 1. The Morgan fingerprint density at radius 2 is 1.67 bits per heavy atom. The minimum Gasteiger partial charge on any atom is -0.451 e. The number of hydrogen-bond acceptors (Lipinski definition) is 5. The number of ketones is 1. The van der Waals surface area contributed by atoms with E-state index in [-0.39, 0.29) is 0 Å². The predicted octanol–water partition coefficient (Wildman–Crippen LogP) is 3.54. The number of nitrogens with one attached hydrogen (secondary N) is 1. The van der Waals surface area contributed by atoms with Crippen LogP contribution in [0.1, 0.15) is 22.8 Å². The van der Waals surface area contributed by atoms with E-state index in [1.54, 1.807) is 30.3 Å². The average Bonchev–Trinajstić information content (AvgIpc) is 2.60. The third-order valence-corrected chi connectivity index (χ3v) is 4.28. The zero-order valence-corrected chi connectivity index (χ0v) is 16.3. The van der Waals surface area contributed by atoms with Crippen molar-refractivity contribution in [3.63, 3.8) is 0 Å². The monoisotopic (exact) mass is 407 g/mol. The number of hydrogen-bond donors (Lipinski definition) is 1. The molecule has 1 N–H and O–H groups in total. The summed E-state index contributed by atoms with van der Waals surface area (Å²) < 4.78 is 29.8. The van der Waals surface area contributed by atoms with Crippen LogP contribution in [0.3, 0.4) is 0 Å². The fourth-order valence-electron chi connectivity index (χ4n) is 2.16. The van der Waals surface area contributed by atoms with Gasteiger partial charge in [-0.05, 0) is 55.0 Å². The van der Waals surface area contributed by atoms with Gasteiger partial charge in [0.15, 0.2) is 6.10 Å². The number of carbonyl (C=O) groups is 2. The lowest BCUT2D eigenvalue weighted by molar-refractivity contribution is -0.140. The molecule has 0 aromatic heterocycles. The van der Waals surface area contributed by atoms with Crippen molar-refractivity contribution in [3.05, 3.63) is 70.8 Å². The van der Waals surface area contributed by atoms with Crippen LogP contribution in [0.25, 0.3) is 6.08 Å². The summed E-state index contributed by atoms with van der Waals surface area (Å²) in [6.45, 7) is 1.47. The van der Waals surface area contributed by atoms with Crippen LogP contribution in [0, 0.1) is 0 Å². The van der Waals surface area contributed by atoms with Gasteiger partial charge in [-0.25, -0.2) is 13.2 Å². The van der Waals surface area contributed by atoms with Crippen molar-refractivity contribution in [1.82, 2.24) is 0 Å². The van der Waals surface area contributed by atoms with E-state index in [1.807, 2.05) is 0 Å². The first-order valence-corrected chi connectivity index (χ1v) is 10.2. The van der Waals surface area contributed by atoms with Gasteiger partial charge in [-0.15, -0.1) is 0 Å². The number of rotatable bonds is 7. The van der Waals surface area contributed by atoms with Crippen molar-refractivity contribution in [3.8, 4) is 0 Å². The molecule has 1 atom stereocenters. The molecular formula is C19H18ClNO5S. The molecule has 0 amide bonds. The van der Waals surface area contributed by atoms with Crippen molar-refractivity contribution in [2.24, 2.45) is 0 Å². The summed E-state index contributed by atoms with van der Waals surface area (Å²) in [5.74, 6) is -1.05. The van der Waals surface area contributed by atoms with E-state index in [0.29, 0.717) is 16.3 Å². The van der Waals surface area contributed by atoms with Crippen LogP contribution in [0.15, 0.2) is 54.6 Å². The molecule has 0 saturated carbocycles. The third-order valence-electron chi connectivity index (χ3n) is 3.42.